The van der Waals surface area contributed by atoms with Gasteiger partial charge in [-0.05, 0) is 27.7 Å². The van der Waals surface area contributed by atoms with Crippen molar-refractivity contribution in [1.82, 2.24) is 20.9 Å². The van der Waals surface area contributed by atoms with Crippen LogP contribution >= 0.6 is 0 Å². The smallest absolute Gasteiger partial charge is 0.221 e. The maximum absolute atomic E-state index is 11.5. The number of aromatic nitrogens is 1. The molecule has 0 aliphatic heterocycles. The number of rotatable bonds is 6. The van der Waals surface area contributed by atoms with Crippen molar-refractivity contribution in [2.45, 2.75) is 46.7 Å². The van der Waals surface area contributed by atoms with Gasteiger partial charge >= 0.3 is 0 Å². The van der Waals surface area contributed by atoms with E-state index in [1.807, 2.05) is 27.7 Å². The van der Waals surface area contributed by atoms with E-state index in [4.69, 9.17) is 4.42 Å². The fraction of sp³-hybridized carbons (Fsp3) is 0.643. The number of carbonyl (C=O) groups is 1. The van der Waals surface area contributed by atoms with E-state index in [0.717, 1.165) is 11.5 Å². The van der Waals surface area contributed by atoms with Crippen LogP contribution in [0.5, 0.6) is 0 Å². The highest BCUT2D eigenvalue weighted by atomic mass is 16.4. The minimum absolute atomic E-state index is 0.0203. The third-order valence-electron chi connectivity index (χ3n) is 2.80. The molecule has 0 unspecified atom stereocenters. The summed E-state index contributed by atoms with van der Waals surface area (Å²) >= 11 is 0. The largest absolute Gasteiger partial charge is 0.444 e. The van der Waals surface area contributed by atoms with Gasteiger partial charge in [0, 0.05) is 26.1 Å². The summed E-state index contributed by atoms with van der Waals surface area (Å²) in [6.45, 7) is 8.63. The Kier molecular flexibility index (Phi) is 6.71. The molecule has 0 atom stereocenters. The van der Waals surface area contributed by atoms with Crippen molar-refractivity contribution in [2.75, 3.05) is 13.6 Å². The highest BCUT2D eigenvalue weighted by Gasteiger charge is 2.07. The van der Waals surface area contributed by atoms with Gasteiger partial charge in [-0.25, -0.2) is 4.98 Å². The van der Waals surface area contributed by atoms with Gasteiger partial charge in [0.05, 0.1) is 12.2 Å². The van der Waals surface area contributed by atoms with Crippen LogP contribution < -0.4 is 16.0 Å². The molecule has 3 N–H and O–H groups in total. The summed E-state index contributed by atoms with van der Waals surface area (Å²) < 4.78 is 5.48. The average Bonchev–Trinajstić information content (AvgIpc) is 2.72. The third-order valence-corrected chi connectivity index (χ3v) is 2.80. The van der Waals surface area contributed by atoms with Gasteiger partial charge in [0.15, 0.2) is 5.96 Å². The number of aryl methyl sites for hydroxylation is 2. The van der Waals surface area contributed by atoms with E-state index in [1.165, 1.54) is 0 Å². The van der Waals surface area contributed by atoms with E-state index >= 15 is 0 Å². The normalized spacial score (nSPS) is 11.6. The van der Waals surface area contributed by atoms with Crippen LogP contribution in [0.15, 0.2) is 9.41 Å². The zero-order chi connectivity index (χ0) is 15.8. The van der Waals surface area contributed by atoms with Gasteiger partial charge in [0.2, 0.25) is 11.8 Å². The van der Waals surface area contributed by atoms with Gasteiger partial charge in [-0.2, -0.15) is 0 Å². The van der Waals surface area contributed by atoms with E-state index in [-0.39, 0.29) is 11.9 Å². The van der Waals surface area contributed by atoms with E-state index in [2.05, 4.69) is 25.9 Å². The second-order valence-electron chi connectivity index (χ2n) is 5.07. The van der Waals surface area contributed by atoms with E-state index in [1.54, 1.807) is 7.05 Å². The van der Waals surface area contributed by atoms with E-state index in [0.29, 0.717) is 31.4 Å². The summed E-state index contributed by atoms with van der Waals surface area (Å²) in [6.07, 6.45) is 0.399. The Hall–Kier alpha value is -2.05. The molecule has 0 fully saturated rings. The molecule has 0 aliphatic rings. The summed E-state index contributed by atoms with van der Waals surface area (Å²) in [5, 5.41) is 9.00. The number of oxazole rings is 1. The fourth-order valence-corrected chi connectivity index (χ4v) is 1.68. The lowest BCUT2D eigenvalue weighted by Gasteiger charge is -2.11. The van der Waals surface area contributed by atoms with Gasteiger partial charge in [-0.1, -0.05) is 0 Å². The first-order valence-corrected chi connectivity index (χ1v) is 7.09. The van der Waals surface area contributed by atoms with E-state index in [9.17, 15) is 4.79 Å². The predicted molar refractivity (Wildman–Crippen MR) is 82.1 cm³/mol. The first-order valence-electron chi connectivity index (χ1n) is 7.09. The molecule has 1 aromatic heterocycles. The number of guanidine groups is 1. The Bertz CT molecular complexity index is 474. The fourth-order valence-electron chi connectivity index (χ4n) is 1.68. The van der Waals surface area contributed by atoms with Crippen LogP contribution in [0.2, 0.25) is 0 Å². The van der Waals surface area contributed by atoms with Crippen molar-refractivity contribution in [3.63, 3.8) is 0 Å². The highest BCUT2D eigenvalue weighted by Crippen LogP contribution is 2.07. The second kappa shape index (κ2) is 8.28. The molecule has 0 saturated carbocycles. The molecule has 0 bridgehead atoms. The van der Waals surface area contributed by atoms with Crippen molar-refractivity contribution in [3.8, 4) is 0 Å². The molecule has 0 radical (unpaired) electrons. The number of hydrogen-bond donors (Lipinski definition) is 3. The van der Waals surface area contributed by atoms with Crippen LogP contribution in [-0.2, 0) is 11.3 Å². The number of carbonyl (C=O) groups excluding carboxylic acids is 1. The quantitative estimate of drug-likeness (QED) is 0.535. The number of aliphatic imine (C=N–C) groups is 1. The lowest BCUT2D eigenvalue weighted by atomic mass is 10.3. The number of nitrogens with one attached hydrogen (secondary N) is 3. The van der Waals surface area contributed by atoms with Gasteiger partial charge < -0.3 is 20.4 Å². The van der Waals surface area contributed by atoms with Crippen LogP contribution in [0.4, 0.5) is 0 Å². The molecule has 1 aromatic rings. The summed E-state index contributed by atoms with van der Waals surface area (Å²) in [6, 6.07) is 0.159. The zero-order valence-electron chi connectivity index (χ0n) is 13.4. The minimum Gasteiger partial charge on any atom is -0.444 e. The SMILES string of the molecule is CN=C(NCCC(=O)NC(C)C)NCc1nc(C)c(C)o1. The summed E-state index contributed by atoms with van der Waals surface area (Å²) in [5.74, 6) is 2.07. The number of nitrogens with zero attached hydrogens (tertiary/aromatic N) is 2. The first kappa shape index (κ1) is 17.0. The topological polar surface area (TPSA) is 91.5 Å². The van der Waals surface area contributed by atoms with Crippen molar-refractivity contribution in [3.05, 3.63) is 17.3 Å². The zero-order valence-corrected chi connectivity index (χ0v) is 13.4. The number of amides is 1. The first-order chi connectivity index (χ1) is 9.92. The lowest BCUT2D eigenvalue weighted by Crippen LogP contribution is -2.39. The molecule has 0 aliphatic carbocycles. The maximum Gasteiger partial charge on any atom is 0.221 e. The molecule has 1 amide bonds. The molecule has 21 heavy (non-hydrogen) atoms. The molecule has 1 heterocycles. The van der Waals surface area contributed by atoms with Crippen molar-refractivity contribution in [2.24, 2.45) is 4.99 Å². The van der Waals surface area contributed by atoms with Crippen LogP contribution in [-0.4, -0.2) is 36.5 Å². The lowest BCUT2D eigenvalue weighted by molar-refractivity contribution is -0.121. The summed E-state index contributed by atoms with van der Waals surface area (Å²) in [5.41, 5.74) is 0.889. The molecule has 0 aromatic carbocycles. The van der Waals surface area contributed by atoms with E-state index < -0.39 is 0 Å². The Morgan fingerprint density at radius 2 is 2.05 bits per heavy atom. The van der Waals surface area contributed by atoms with Crippen molar-refractivity contribution in [1.29, 1.82) is 0 Å². The second-order valence-corrected chi connectivity index (χ2v) is 5.07. The average molecular weight is 295 g/mol. The molecule has 7 nitrogen and oxygen atoms in total. The maximum atomic E-state index is 11.5. The van der Waals surface area contributed by atoms with Crippen LogP contribution in [0.3, 0.4) is 0 Å². The van der Waals surface area contributed by atoms with Crippen LogP contribution in [0.25, 0.3) is 0 Å². The monoisotopic (exact) mass is 295 g/mol. The summed E-state index contributed by atoms with van der Waals surface area (Å²) in [4.78, 5) is 19.9. The van der Waals surface area contributed by atoms with Gasteiger partial charge in [0.25, 0.3) is 0 Å². The Balaban J connectivity index is 2.31. The highest BCUT2D eigenvalue weighted by molar-refractivity contribution is 5.81. The van der Waals surface area contributed by atoms with Gasteiger partial charge in [-0.3, -0.25) is 9.79 Å². The van der Waals surface area contributed by atoms with Gasteiger partial charge in [-0.15, -0.1) is 0 Å². The minimum atomic E-state index is 0.0203. The van der Waals surface area contributed by atoms with Crippen LogP contribution in [0.1, 0.15) is 37.6 Å². The molecule has 0 saturated heterocycles. The molecular weight excluding hydrogens is 270 g/mol. The number of hydrogen-bond acceptors (Lipinski definition) is 4. The Morgan fingerprint density at radius 1 is 1.33 bits per heavy atom. The Labute approximate surface area is 125 Å². The summed E-state index contributed by atoms with van der Waals surface area (Å²) in [7, 11) is 1.68. The molecule has 0 spiro atoms. The molecule has 7 heteroatoms. The van der Waals surface area contributed by atoms with Crippen molar-refractivity contribution >= 4 is 11.9 Å². The Morgan fingerprint density at radius 3 is 2.57 bits per heavy atom. The standard InChI is InChI=1S/C14H25N5O2/c1-9(2)18-12(20)6-7-16-14(15-5)17-8-13-19-10(3)11(4)21-13/h9H,6-8H2,1-5H3,(H,18,20)(H2,15,16,17). The molecular formula is C14H25N5O2. The van der Waals surface area contributed by atoms with Gasteiger partial charge in [0.1, 0.15) is 5.76 Å². The predicted octanol–water partition coefficient (Wildman–Crippen LogP) is 0.871. The molecule has 118 valence electrons. The van der Waals surface area contributed by atoms with Crippen LogP contribution in [0, 0.1) is 13.8 Å². The molecule has 1 rings (SSSR count). The third kappa shape index (κ3) is 6.29. The van der Waals surface area contributed by atoms with Crippen molar-refractivity contribution < 1.29 is 9.21 Å².